The third-order valence-corrected chi connectivity index (χ3v) is 9.03. The zero-order valence-corrected chi connectivity index (χ0v) is 21.3. The Labute approximate surface area is 194 Å². The first-order chi connectivity index (χ1) is 15.2. The van der Waals surface area contributed by atoms with Gasteiger partial charge in [-0.3, -0.25) is 0 Å². The van der Waals surface area contributed by atoms with E-state index in [-0.39, 0.29) is 18.2 Å². The Morgan fingerprint density at radius 3 is 2.50 bits per heavy atom. The van der Waals surface area contributed by atoms with Crippen LogP contribution in [0.3, 0.4) is 0 Å². The molecule has 0 bridgehead atoms. The molecule has 2 fully saturated rings. The Balaban J connectivity index is 1.56. The average Bonchev–Trinajstić information content (AvgIpc) is 2.76. The first-order valence-electron chi connectivity index (χ1n) is 12.3. The summed E-state index contributed by atoms with van der Waals surface area (Å²) in [6.45, 7) is 12.0. The van der Waals surface area contributed by atoms with Crippen molar-refractivity contribution in [1.29, 1.82) is 0 Å². The number of rotatable bonds is 9. The zero-order chi connectivity index (χ0) is 23.3. The molecule has 1 saturated carbocycles. The van der Waals surface area contributed by atoms with E-state index >= 15 is 0 Å². The molecule has 6 nitrogen and oxygen atoms in total. The summed E-state index contributed by atoms with van der Waals surface area (Å²) < 4.78 is 39.9. The Morgan fingerprint density at radius 1 is 1.12 bits per heavy atom. The van der Waals surface area contributed by atoms with Gasteiger partial charge < -0.3 is 14.8 Å². The summed E-state index contributed by atoms with van der Waals surface area (Å²) in [4.78, 5) is 0. The van der Waals surface area contributed by atoms with Gasteiger partial charge in [0.15, 0.2) is 0 Å². The van der Waals surface area contributed by atoms with Crippen molar-refractivity contribution >= 4 is 10.0 Å². The van der Waals surface area contributed by atoms with Crippen LogP contribution in [0.5, 0.6) is 5.75 Å². The highest BCUT2D eigenvalue weighted by Crippen LogP contribution is 2.41. The van der Waals surface area contributed by atoms with Crippen molar-refractivity contribution < 1.29 is 17.9 Å². The van der Waals surface area contributed by atoms with E-state index in [9.17, 15) is 8.42 Å². The molecule has 1 saturated heterocycles. The minimum atomic E-state index is -3.29. The van der Waals surface area contributed by atoms with Gasteiger partial charge in [-0.1, -0.05) is 6.07 Å². The summed E-state index contributed by atoms with van der Waals surface area (Å²) in [6, 6.07) is 4.20. The molecule has 0 radical (unpaired) electrons. The van der Waals surface area contributed by atoms with Gasteiger partial charge in [0, 0.05) is 17.6 Å². The van der Waals surface area contributed by atoms with Crippen molar-refractivity contribution in [3.8, 4) is 5.75 Å². The summed E-state index contributed by atoms with van der Waals surface area (Å²) in [7, 11) is -3.29. The smallest absolute Gasteiger partial charge is 0.214 e. The van der Waals surface area contributed by atoms with Gasteiger partial charge in [-0.2, -0.15) is 0 Å². The second-order valence-corrected chi connectivity index (χ2v) is 11.9. The topological polar surface area (TPSA) is 76.7 Å². The maximum absolute atomic E-state index is 12.4. The van der Waals surface area contributed by atoms with Crippen LogP contribution in [0.1, 0.15) is 81.9 Å². The van der Waals surface area contributed by atoms with Crippen LogP contribution in [0.2, 0.25) is 0 Å². The van der Waals surface area contributed by atoms with E-state index in [0.717, 1.165) is 50.8 Å². The van der Waals surface area contributed by atoms with Gasteiger partial charge in [-0.25, -0.2) is 13.1 Å². The molecule has 0 aromatic heterocycles. The number of piperidine rings is 1. The van der Waals surface area contributed by atoms with Gasteiger partial charge >= 0.3 is 0 Å². The van der Waals surface area contributed by atoms with E-state index in [1.165, 1.54) is 16.7 Å². The summed E-state index contributed by atoms with van der Waals surface area (Å²) in [5, 5.41) is 3.05. The van der Waals surface area contributed by atoms with E-state index < -0.39 is 15.3 Å². The molecule has 1 aromatic rings. The molecule has 1 heterocycles. The number of benzene rings is 1. The average molecular weight is 467 g/mol. The van der Waals surface area contributed by atoms with Gasteiger partial charge in [0.05, 0.1) is 24.6 Å². The fourth-order valence-corrected chi connectivity index (χ4v) is 5.95. The molecule has 2 N–H and O–H groups in total. The van der Waals surface area contributed by atoms with Crippen molar-refractivity contribution in [2.45, 2.75) is 102 Å². The molecule has 1 aromatic carbocycles. The fourth-order valence-electron chi connectivity index (χ4n) is 4.98. The van der Waals surface area contributed by atoms with Crippen molar-refractivity contribution in [1.82, 2.24) is 10.0 Å². The van der Waals surface area contributed by atoms with E-state index in [1.54, 1.807) is 13.8 Å². The number of nitrogens with one attached hydrogen (secondary N) is 2. The van der Waals surface area contributed by atoms with Crippen LogP contribution in [-0.2, 0) is 14.8 Å². The summed E-state index contributed by atoms with van der Waals surface area (Å²) >= 11 is 0. The second-order valence-electron chi connectivity index (χ2n) is 9.68. The summed E-state index contributed by atoms with van der Waals surface area (Å²) in [5.41, 5.74) is 4.05. The Morgan fingerprint density at radius 2 is 1.84 bits per heavy atom. The molecule has 7 heteroatoms. The summed E-state index contributed by atoms with van der Waals surface area (Å²) in [6.07, 6.45) is 6.31. The van der Waals surface area contributed by atoms with Gasteiger partial charge in [0.2, 0.25) is 10.0 Å². The second kappa shape index (κ2) is 11.3. The number of hydrogen-bond donors (Lipinski definition) is 2. The molecule has 1 aliphatic carbocycles. The van der Waals surface area contributed by atoms with Crippen LogP contribution in [0.4, 0.5) is 0 Å². The molecule has 3 rings (SSSR count). The fraction of sp³-hybridized carbons (Fsp3) is 0.760. The van der Waals surface area contributed by atoms with Crippen LogP contribution < -0.4 is 14.8 Å². The highest BCUT2D eigenvalue weighted by molar-refractivity contribution is 7.90. The highest BCUT2D eigenvalue weighted by atomic mass is 32.2. The van der Waals surface area contributed by atoms with Crippen LogP contribution in [0.25, 0.3) is 0 Å². The van der Waals surface area contributed by atoms with Gasteiger partial charge in [0.25, 0.3) is 0 Å². The Kier molecular flexibility index (Phi) is 9.01. The lowest BCUT2D eigenvalue weighted by molar-refractivity contribution is 0.00505. The first-order valence-corrected chi connectivity index (χ1v) is 13.9. The molecule has 2 atom stereocenters. The highest BCUT2D eigenvalue weighted by Gasteiger charge is 2.32. The molecule has 32 heavy (non-hydrogen) atoms. The number of sulfonamides is 1. The Bertz CT molecular complexity index is 848. The van der Waals surface area contributed by atoms with Crippen molar-refractivity contribution in [3.05, 3.63) is 28.8 Å². The van der Waals surface area contributed by atoms with E-state index in [1.807, 2.05) is 6.92 Å². The van der Waals surface area contributed by atoms with Crippen LogP contribution in [0.15, 0.2) is 12.1 Å². The maximum atomic E-state index is 12.4. The van der Waals surface area contributed by atoms with Crippen molar-refractivity contribution in [3.63, 3.8) is 0 Å². The Hall–Kier alpha value is -1.15. The minimum absolute atomic E-state index is 0.0265. The maximum Gasteiger partial charge on any atom is 0.214 e. The van der Waals surface area contributed by atoms with Crippen molar-refractivity contribution in [2.24, 2.45) is 0 Å². The molecule has 0 unspecified atom stereocenters. The van der Waals surface area contributed by atoms with E-state index in [4.69, 9.17) is 9.47 Å². The molecule has 182 valence electrons. The molecule has 1 aliphatic heterocycles. The van der Waals surface area contributed by atoms with Crippen molar-refractivity contribution in [2.75, 3.05) is 19.8 Å². The molecular weight excluding hydrogens is 424 g/mol. The predicted octanol–water partition coefficient (Wildman–Crippen LogP) is 4.19. The van der Waals surface area contributed by atoms with Gasteiger partial charge in [-0.05, 0) is 103 Å². The summed E-state index contributed by atoms with van der Waals surface area (Å²) in [5.74, 6) is 1.54. The lowest BCUT2D eigenvalue weighted by atomic mass is 9.80. The van der Waals surface area contributed by atoms with Gasteiger partial charge in [-0.15, -0.1) is 0 Å². The molecule has 0 spiro atoms. The largest absolute Gasteiger partial charge is 0.494 e. The quantitative estimate of drug-likeness (QED) is 0.571. The SMILES string of the molecule is CCOc1ccc(C)c(C)c1[C@H]1CC[C@@H](OC[C@@H]2NCCC[C@@H]2NS(=O)(=O)C(C)C)CC1. The lowest BCUT2D eigenvalue weighted by Crippen LogP contribution is -2.56. The molecule has 0 amide bonds. The zero-order valence-electron chi connectivity index (χ0n) is 20.4. The number of ether oxygens (including phenoxy) is 2. The van der Waals surface area contributed by atoms with Crippen LogP contribution in [-0.4, -0.2) is 51.6 Å². The van der Waals surface area contributed by atoms with E-state index in [2.05, 4.69) is 36.0 Å². The third kappa shape index (κ3) is 6.25. The lowest BCUT2D eigenvalue weighted by Gasteiger charge is -2.36. The normalized spacial score (nSPS) is 26.9. The predicted molar refractivity (Wildman–Crippen MR) is 130 cm³/mol. The van der Waals surface area contributed by atoms with Crippen LogP contribution in [0, 0.1) is 13.8 Å². The van der Waals surface area contributed by atoms with E-state index in [0.29, 0.717) is 19.1 Å². The third-order valence-electron chi connectivity index (χ3n) is 7.16. The molecule has 2 aliphatic rings. The standard InChI is InChI=1S/C25H42N2O4S/c1-6-30-24-14-9-18(4)19(5)25(24)20-10-12-21(13-11-20)31-16-23-22(8-7-15-26-23)27-32(28,29)17(2)3/h9,14,17,20-23,26-27H,6-8,10-13,15-16H2,1-5H3/t20-,21+,22-,23-/m0/s1. The number of hydrogen-bond acceptors (Lipinski definition) is 5. The molecular formula is C25H42N2O4S. The number of aryl methyl sites for hydroxylation is 1. The minimum Gasteiger partial charge on any atom is -0.494 e. The van der Waals surface area contributed by atoms with Crippen LogP contribution >= 0.6 is 0 Å². The van der Waals surface area contributed by atoms with Gasteiger partial charge in [0.1, 0.15) is 5.75 Å². The monoisotopic (exact) mass is 466 g/mol. The first kappa shape index (κ1) is 25.5.